The fraction of sp³-hybridized carbons (Fsp3) is 0.636. The van der Waals surface area contributed by atoms with Crippen LogP contribution in [0, 0.1) is 5.82 Å². The summed E-state index contributed by atoms with van der Waals surface area (Å²) in [6.07, 6.45) is 3.78. The quantitative estimate of drug-likeness (QED) is 0.778. The maximum atomic E-state index is 13.5. The Kier molecular flexibility index (Phi) is 5.51. The van der Waals surface area contributed by atoms with E-state index in [0.717, 1.165) is 63.1 Å². The number of piperidine rings is 2. The van der Waals surface area contributed by atoms with Gasteiger partial charge in [0.25, 0.3) is 0 Å². The van der Waals surface area contributed by atoms with Crippen LogP contribution >= 0.6 is 0 Å². The molecule has 0 radical (unpaired) electrons. The second kappa shape index (κ2) is 7.94. The molecule has 0 saturated carbocycles. The van der Waals surface area contributed by atoms with Gasteiger partial charge >= 0.3 is 6.09 Å². The minimum atomic E-state index is -0.282. The molecule has 0 unspecified atom stereocenters. The Balaban J connectivity index is 1.36. The van der Waals surface area contributed by atoms with Crippen molar-refractivity contribution in [3.05, 3.63) is 29.6 Å². The molecular weight excluding hydrogens is 373 g/mol. The number of likely N-dealkylation sites (tertiary alicyclic amines) is 2. The monoisotopic (exact) mass is 403 g/mol. The van der Waals surface area contributed by atoms with Crippen molar-refractivity contribution in [2.45, 2.75) is 57.5 Å². The summed E-state index contributed by atoms with van der Waals surface area (Å²) < 4.78 is 18.6. The molecule has 0 aliphatic carbocycles. The topological polar surface area (TPSA) is 53.1 Å². The number of ether oxygens (including phenoxy) is 1. The van der Waals surface area contributed by atoms with Crippen molar-refractivity contribution in [2.24, 2.45) is 0 Å². The molecule has 0 aromatic heterocycles. The van der Waals surface area contributed by atoms with Gasteiger partial charge in [-0.05, 0) is 63.3 Å². The third-order valence-electron chi connectivity index (χ3n) is 6.87. The van der Waals surface area contributed by atoms with Crippen molar-refractivity contribution >= 4 is 17.7 Å². The number of amides is 2. The molecule has 4 rings (SSSR count). The highest BCUT2D eigenvalue weighted by atomic mass is 19.1. The van der Waals surface area contributed by atoms with Crippen LogP contribution in [0.15, 0.2) is 18.2 Å². The lowest BCUT2D eigenvalue weighted by atomic mass is 9.85. The lowest BCUT2D eigenvalue weighted by Crippen LogP contribution is -2.58. The Morgan fingerprint density at radius 1 is 1.21 bits per heavy atom. The molecule has 158 valence electrons. The Morgan fingerprint density at radius 3 is 2.55 bits per heavy atom. The summed E-state index contributed by atoms with van der Waals surface area (Å²) in [4.78, 5) is 30.8. The van der Waals surface area contributed by atoms with Crippen molar-refractivity contribution in [1.82, 2.24) is 9.80 Å². The zero-order chi connectivity index (χ0) is 20.6. The first-order chi connectivity index (χ1) is 13.9. The molecule has 2 fully saturated rings. The lowest BCUT2D eigenvalue weighted by Gasteiger charge is -2.49. The van der Waals surface area contributed by atoms with E-state index >= 15 is 0 Å². The predicted octanol–water partition coefficient (Wildman–Crippen LogP) is 3.19. The van der Waals surface area contributed by atoms with Crippen LogP contribution < -0.4 is 4.90 Å². The summed E-state index contributed by atoms with van der Waals surface area (Å²) in [5.41, 5.74) is 1.75. The van der Waals surface area contributed by atoms with Crippen LogP contribution in [0.5, 0.6) is 0 Å². The highest BCUT2D eigenvalue weighted by Crippen LogP contribution is 2.36. The van der Waals surface area contributed by atoms with Gasteiger partial charge in [-0.1, -0.05) is 0 Å². The Labute approximate surface area is 171 Å². The molecule has 2 saturated heterocycles. The van der Waals surface area contributed by atoms with E-state index in [1.165, 1.54) is 12.1 Å². The van der Waals surface area contributed by atoms with Gasteiger partial charge < -0.3 is 14.5 Å². The maximum absolute atomic E-state index is 13.5. The van der Waals surface area contributed by atoms with Gasteiger partial charge in [0.15, 0.2) is 0 Å². The predicted molar refractivity (Wildman–Crippen MR) is 108 cm³/mol. The number of nitrogens with zero attached hydrogens (tertiary/aromatic N) is 3. The van der Waals surface area contributed by atoms with Gasteiger partial charge in [-0.2, -0.15) is 0 Å². The second-order valence-corrected chi connectivity index (χ2v) is 8.61. The first-order valence-corrected chi connectivity index (χ1v) is 10.7. The van der Waals surface area contributed by atoms with Gasteiger partial charge in [-0.3, -0.25) is 9.69 Å². The van der Waals surface area contributed by atoms with Crippen molar-refractivity contribution in [3.8, 4) is 0 Å². The molecule has 2 amide bonds. The van der Waals surface area contributed by atoms with E-state index in [1.807, 2.05) is 11.8 Å². The largest absolute Gasteiger partial charge is 0.450 e. The number of carbonyl (C=O) groups excluding carboxylic acids is 2. The van der Waals surface area contributed by atoms with Crippen molar-refractivity contribution in [3.63, 3.8) is 0 Å². The van der Waals surface area contributed by atoms with Gasteiger partial charge in [0.1, 0.15) is 5.82 Å². The van der Waals surface area contributed by atoms with Crippen LogP contribution in [0.4, 0.5) is 14.9 Å². The second-order valence-electron chi connectivity index (χ2n) is 8.61. The summed E-state index contributed by atoms with van der Waals surface area (Å²) in [6, 6.07) is 4.85. The van der Waals surface area contributed by atoms with Gasteiger partial charge in [-0.15, -0.1) is 0 Å². The molecule has 6 nitrogen and oxygen atoms in total. The van der Waals surface area contributed by atoms with Crippen LogP contribution in [-0.4, -0.2) is 66.2 Å². The van der Waals surface area contributed by atoms with E-state index in [2.05, 4.69) is 11.8 Å². The van der Waals surface area contributed by atoms with E-state index in [4.69, 9.17) is 4.74 Å². The van der Waals surface area contributed by atoms with E-state index in [1.54, 1.807) is 11.0 Å². The molecule has 29 heavy (non-hydrogen) atoms. The zero-order valence-corrected chi connectivity index (χ0v) is 17.3. The van der Waals surface area contributed by atoms with Gasteiger partial charge in [0.05, 0.1) is 13.0 Å². The minimum absolute atomic E-state index is 0.0734. The highest BCUT2D eigenvalue weighted by molar-refractivity contribution is 6.01. The maximum Gasteiger partial charge on any atom is 0.409 e. The summed E-state index contributed by atoms with van der Waals surface area (Å²) in [6.45, 7) is 7.83. The van der Waals surface area contributed by atoms with Crippen molar-refractivity contribution < 1.29 is 18.7 Å². The zero-order valence-electron chi connectivity index (χ0n) is 17.3. The van der Waals surface area contributed by atoms with E-state index in [0.29, 0.717) is 13.0 Å². The molecular formula is C22H30FN3O3. The number of benzene rings is 1. The summed E-state index contributed by atoms with van der Waals surface area (Å²) in [5, 5.41) is 0. The Bertz CT molecular complexity index is 784. The van der Waals surface area contributed by atoms with Crippen LogP contribution in [0.25, 0.3) is 0 Å². The van der Waals surface area contributed by atoms with E-state index < -0.39 is 0 Å². The van der Waals surface area contributed by atoms with Crippen molar-refractivity contribution in [1.29, 1.82) is 0 Å². The van der Waals surface area contributed by atoms with Crippen LogP contribution in [-0.2, 0) is 16.0 Å². The number of carbonyl (C=O) groups is 2. The van der Waals surface area contributed by atoms with E-state index in [-0.39, 0.29) is 29.4 Å². The van der Waals surface area contributed by atoms with Crippen LogP contribution in [0.1, 0.15) is 45.1 Å². The molecule has 1 aromatic rings. The first-order valence-electron chi connectivity index (χ1n) is 10.7. The number of fused-ring (bicyclic) bond motifs is 1. The number of halogens is 1. The molecule has 3 aliphatic heterocycles. The summed E-state index contributed by atoms with van der Waals surface area (Å²) in [7, 11) is 0. The number of anilines is 1. The Hall–Kier alpha value is -2.15. The molecule has 0 atom stereocenters. The van der Waals surface area contributed by atoms with Gasteiger partial charge in [0, 0.05) is 43.4 Å². The van der Waals surface area contributed by atoms with E-state index in [9.17, 15) is 14.0 Å². The molecule has 0 bridgehead atoms. The third kappa shape index (κ3) is 3.84. The summed E-state index contributed by atoms with van der Waals surface area (Å²) in [5.74, 6) is -0.201. The van der Waals surface area contributed by atoms with Gasteiger partial charge in [-0.25, -0.2) is 9.18 Å². The van der Waals surface area contributed by atoms with Crippen LogP contribution in [0.3, 0.4) is 0 Å². The van der Waals surface area contributed by atoms with Gasteiger partial charge in [0.2, 0.25) is 5.91 Å². The number of rotatable bonds is 3. The SMILES string of the molecule is CCOC(=O)N1CCC(C)(N2CCC(N3C(=O)Cc4cc(F)ccc43)CC2)CC1. The smallest absolute Gasteiger partial charge is 0.409 e. The first kappa shape index (κ1) is 20.1. The molecule has 1 aromatic carbocycles. The molecule has 3 aliphatic rings. The fourth-order valence-electron chi connectivity index (χ4n) is 5.08. The summed E-state index contributed by atoms with van der Waals surface area (Å²) >= 11 is 0. The number of hydrogen-bond acceptors (Lipinski definition) is 4. The molecule has 0 spiro atoms. The minimum Gasteiger partial charge on any atom is -0.450 e. The molecule has 3 heterocycles. The molecule has 0 N–H and O–H groups in total. The average Bonchev–Trinajstić information content (AvgIpc) is 3.03. The average molecular weight is 403 g/mol. The normalized spacial score (nSPS) is 22.7. The number of hydrogen-bond donors (Lipinski definition) is 0. The third-order valence-corrected chi connectivity index (χ3v) is 6.87. The van der Waals surface area contributed by atoms with Crippen LogP contribution in [0.2, 0.25) is 0 Å². The lowest BCUT2D eigenvalue weighted by molar-refractivity contribution is -0.118. The standard InChI is InChI=1S/C22H30FN3O3/c1-3-29-21(28)24-12-8-22(2,9-13-24)25-10-6-18(7-11-25)26-19-5-4-17(23)14-16(19)15-20(26)27/h4-5,14,18H,3,6-13,15H2,1-2H3. The fourth-order valence-corrected chi connectivity index (χ4v) is 5.08. The highest BCUT2D eigenvalue weighted by Gasteiger charge is 2.41. The molecule has 7 heteroatoms. The Morgan fingerprint density at radius 2 is 1.90 bits per heavy atom. The van der Waals surface area contributed by atoms with Crippen molar-refractivity contribution in [2.75, 3.05) is 37.7 Å².